The van der Waals surface area contributed by atoms with E-state index in [1.807, 2.05) is 27.7 Å². The number of fused-ring (bicyclic) bond motifs is 3. The van der Waals surface area contributed by atoms with Gasteiger partial charge in [-0.3, -0.25) is 0 Å². The van der Waals surface area contributed by atoms with Crippen molar-refractivity contribution in [2.75, 3.05) is 14.7 Å². The van der Waals surface area contributed by atoms with E-state index in [1.165, 1.54) is 61.3 Å². The largest absolute Gasteiger partial charge is 0.310 e. The molecule has 0 saturated heterocycles. The second-order valence-electron chi connectivity index (χ2n) is 25.6. The predicted octanol–water partition coefficient (Wildman–Crippen LogP) is 23.7. The molecule has 8 aromatic rings. The van der Waals surface area contributed by atoms with Crippen molar-refractivity contribution in [2.24, 2.45) is 0 Å². The summed E-state index contributed by atoms with van der Waals surface area (Å²) in [6.07, 6.45) is 1.06. The summed E-state index contributed by atoms with van der Waals surface area (Å²) in [5.74, 6) is 0. The first-order valence-corrected chi connectivity index (χ1v) is 30.0. The van der Waals surface area contributed by atoms with E-state index in [1.54, 1.807) is 0 Å². The van der Waals surface area contributed by atoms with Gasteiger partial charge < -0.3 is 14.7 Å². The number of nitrogens with zero attached hydrogens (tertiary/aromatic N) is 3. The number of rotatable bonds is 11. The molecule has 4 heteroatoms. The predicted molar refractivity (Wildman–Crippen MR) is 352 cm³/mol. The third kappa shape index (κ3) is 12.2. The van der Waals surface area contributed by atoms with Gasteiger partial charge in [0.05, 0.1) is 21.5 Å². The SMILES string of the molecule is CC.CC.CCC(C)(C)c1ccc(N(c2cccc(N(c3ccc4c(c3)C(C)(C)c3ccccc3-4)c3cc(C)cc(N(c4ccc(C(C)(C)C)cc4)c4ccc(C(C)(C)C)cc4)c3Br)c2)c2c(C)cc(C(C)(C)C)cc2C)cc1. The van der Waals surface area contributed by atoms with Crippen LogP contribution in [0.5, 0.6) is 0 Å². The van der Waals surface area contributed by atoms with Crippen molar-refractivity contribution in [3.8, 4) is 11.1 Å². The summed E-state index contributed by atoms with van der Waals surface area (Å²) < 4.78 is 0.997. The van der Waals surface area contributed by atoms with Crippen LogP contribution in [0.2, 0.25) is 0 Å². The molecule has 414 valence electrons. The smallest absolute Gasteiger partial charge is 0.0657 e. The molecule has 8 aromatic carbocycles. The zero-order chi connectivity index (χ0) is 58.2. The third-order valence-electron chi connectivity index (χ3n) is 16.2. The van der Waals surface area contributed by atoms with Crippen LogP contribution in [0.1, 0.15) is 181 Å². The topological polar surface area (TPSA) is 9.72 Å². The molecule has 0 atom stereocenters. The van der Waals surface area contributed by atoms with Gasteiger partial charge in [0.2, 0.25) is 0 Å². The highest BCUT2D eigenvalue weighted by atomic mass is 79.9. The maximum absolute atomic E-state index is 4.40. The van der Waals surface area contributed by atoms with Crippen LogP contribution >= 0.6 is 15.9 Å². The summed E-state index contributed by atoms with van der Waals surface area (Å²) in [6, 6.07) is 62.4. The first-order valence-electron chi connectivity index (χ1n) is 29.2. The molecule has 0 amide bonds. The van der Waals surface area contributed by atoms with Crippen LogP contribution in [0.3, 0.4) is 0 Å². The Morgan fingerprint density at radius 1 is 0.392 bits per heavy atom. The number of hydrogen-bond acceptors (Lipinski definition) is 3. The zero-order valence-corrected chi connectivity index (χ0v) is 53.6. The van der Waals surface area contributed by atoms with Gasteiger partial charge in [0, 0.05) is 39.5 Å². The lowest BCUT2D eigenvalue weighted by molar-refractivity contribution is 0.506. The molecule has 0 aromatic heterocycles. The summed E-state index contributed by atoms with van der Waals surface area (Å²) in [4.78, 5) is 7.40. The molecule has 0 heterocycles. The average molecular weight is 1120 g/mol. The van der Waals surface area contributed by atoms with Gasteiger partial charge in [0.1, 0.15) is 0 Å². The highest BCUT2D eigenvalue weighted by Gasteiger charge is 2.36. The summed E-state index contributed by atoms with van der Waals surface area (Å²) in [5, 5.41) is 0. The Labute approximate surface area is 487 Å². The fourth-order valence-electron chi connectivity index (χ4n) is 11.1. The van der Waals surface area contributed by atoms with Gasteiger partial charge in [0.25, 0.3) is 0 Å². The summed E-state index contributed by atoms with van der Waals surface area (Å²) in [5.41, 5.74) is 24.1. The molecule has 0 bridgehead atoms. The molecular weight excluding hydrogens is 1020 g/mol. The first-order chi connectivity index (χ1) is 37.2. The second kappa shape index (κ2) is 23.4. The van der Waals surface area contributed by atoms with E-state index in [4.69, 9.17) is 0 Å². The van der Waals surface area contributed by atoms with Gasteiger partial charge >= 0.3 is 0 Å². The summed E-state index contributed by atoms with van der Waals surface area (Å²) in [6.45, 7) is 47.1. The summed E-state index contributed by atoms with van der Waals surface area (Å²) >= 11 is 4.40. The highest BCUT2D eigenvalue weighted by Crippen LogP contribution is 2.54. The monoisotopic (exact) mass is 1110 g/mol. The Morgan fingerprint density at radius 3 is 1.25 bits per heavy atom. The molecule has 1 aliphatic carbocycles. The minimum Gasteiger partial charge on any atom is -0.310 e. The molecular formula is C75H92BrN3. The van der Waals surface area contributed by atoms with Gasteiger partial charge in [-0.05, 0) is 205 Å². The van der Waals surface area contributed by atoms with Crippen LogP contribution in [-0.4, -0.2) is 0 Å². The lowest BCUT2D eigenvalue weighted by Gasteiger charge is -2.34. The van der Waals surface area contributed by atoms with Crippen LogP contribution in [-0.2, 0) is 27.1 Å². The molecule has 0 radical (unpaired) electrons. The normalized spacial score (nSPS) is 12.8. The number of aryl methyl sites for hydroxylation is 3. The molecule has 79 heavy (non-hydrogen) atoms. The van der Waals surface area contributed by atoms with E-state index in [2.05, 4.69) is 312 Å². The molecule has 0 aliphatic heterocycles. The minimum absolute atomic E-state index is 0.0138. The van der Waals surface area contributed by atoms with Crippen molar-refractivity contribution in [1.82, 2.24) is 0 Å². The van der Waals surface area contributed by atoms with Crippen molar-refractivity contribution < 1.29 is 0 Å². The molecule has 3 nitrogen and oxygen atoms in total. The molecule has 0 unspecified atom stereocenters. The number of anilines is 9. The standard InChI is InChI=1S/C71H80BrN3.2C2H6/c1-18-70(14,15)51-30-36-55(37-31-51)75(66-47(3)42-52(43-48(66)4)69(11,12)13)57-23-21-22-56(44-57)74(58-38-39-60-59-24-19-20-25-61(59)71(16,17)62(60)45-58)64-41-46(2)40-63(65(64)72)73(53-32-26-49(27-33-53)67(5,6)7)54-34-28-50(29-35-54)68(8,9)10;2*1-2/h19-45H,18H2,1-17H3;2*1-2H3. The first kappa shape index (κ1) is 60.3. The molecule has 0 N–H and O–H groups in total. The van der Waals surface area contributed by atoms with E-state index < -0.39 is 0 Å². The maximum Gasteiger partial charge on any atom is 0.0657 e. The van der Waals surface area contributed by atoms with Crippen LogP contribution in [0.25, 0.3) is 11.1 Å². The van der Waals surface area contributed by atoms with Crippen molar-refractivity contribution in [1.29, 1.82) is 0 Å². The maximum atomic E-state index is 4.40. The van der Waals surface area contributed by atoms with Crippen molar-refractivity contribution in [3.05, 3.63) is 218 Å². The second-order valence-corrected chi connectivity index (χ2v) is 26.4. The van der Waals surface area contributed by atoms with Gasteiger partial charge in [-0.15, -0.1) is 0 Å². The molecule has 0 fully saturated rings. The molecule has 0 spiro atoms. The highest BCUT2D eigenvalue weighted by molar-refractivity contribution is 9.10. The molecule has 9 rings (SSSR count). The van der Waals surface area contributed by atoms with E-state index in [0.717, 1.165) is 62.0 Å². The lowest BCUT2D eigenvalue weighted by Crippen LogP contribution is -2.19. The van der Waals surface area contributed by atoms with Gasteiger partial charge in [0.15, 0.2) is 0 Å². The van der Waals surface area contributed by atoms with Crippen molar-refractivity contribution in [3.63, 3.8) is 0 Å². The minimum atomic E-state index is -0.191. The quantitative estimate of drug-likeness (QED) is 0.128. The Kier molecular flexibility index (Phi) is 17.8. The average Bonchev–Trinajstić information content (AvgIpc) is 3.94. The molecule has 0 saturated carbocycles. The van der Waals surface area contributed by atoms with Gasteiger partial charge in [-0.25, -0.2) is 0 Å². The fourth-order valence-corrected chi connectivity index (χ4v) is 11.7. The lowest BCUT2D eigenvalue weighted by atomic mass is 9.82. The van der Waals surface area contributed by atoms with Crippen molar-refractivity contribution >= 4 is 67.1 Å². The summed E-state index contributed by atoms with van der Waals surface area (Å²) in [7, 11) is 0. The van der Waals surface area contributed by atoms with E-state index in [-0.39, 0.29) is 27.1 Å². The molecule has 1 aliphatic rings. The number of benzene rings is 8. The Hall–Kier alpha value is -6.36. The van der Waals surface area contributed by atoms with Crippen molar-refractivity contribution in [2.45, 2.75) is 179 Å². The third-order valence-corrected chi connectivity index (χ3v) is 17.0. The Bertz CT molecular complexity index is 3310. The fraction of sp³-hybridized carbons (Fsp3) is 0.360. The van der Waals surface area contributed by atoms with Gasteiger partial charge in [-0.1, -0.05) is 210 Å². The zero-order valence-electron chi connectivity index (χ0n) is 52.0. The number of halogens is 1. The van der Waals surface area contributed by atoms with E-state index in [0.29, 0.717) is 0 Å². The van der Waals surface area contributed by atoms with Crippen LogP contribution in [0.4, 0.5) is 51.2 Å². The van der Waals surface area contributed by atoms with Crippen LogP contribution in [0, 0.1) is 20.8 Å². The Morgan fingerprint density at radius 2 is 0.785 bits per heavy atom. The van der Waals surface area contributed by atoms with E-state index >= 15 is 0 Å². The van der Waals surface area contributed by atoms with E-state index in [9.17, 15) is 0 Å². The van der Waals surface area contributed by atoms with Gasteiger partial charge in [-0.2, -0.15) is 0 Å². The van der Waals surface area contributed by atoms with Crippen LogP contribution in [0.15, 0.2) is 168 Å². The van der Waals surface area contributed by atoms with Crippen LogP contribution < -0.4 is 14.7 Å². The number of hydrogen-bond donors (Lipinski definition) is 0. The Balaban J connectivity index is 0.00000221.